The molecule has 0 spiro atoms. The van der Waals surface area contributed by atoms with E-state index in [1.807, 2.05) is 12.1 Å². The SMILES string of the molecule is N/N=C(\NN)C1CCN(c2nc(-c3ccc(Br)cc3)cs2)CC1. The van der Waals surface area contributed by atoms with Crippen LogP contribution in [0.5, 0.6) is 0 Å². The second-order valence-corrected chi connectivity index (χ2v) is 7.19. The van der Waals surface area contributed by atoms with Gasteiger partial charge in [-0.1, -0.05) is 28.1 Å². The Bertz CT molecular complexity index is 676. The van der Waals surface area contributed by atoms with Crippen LogP contribution in [0.25, 0.3) is 11.3 Å². The number of hydrogen-bond donors (Lipinski definition) is 3. The average molecular weight is 395 g/mol. The zero-order chi connectivity index (χ0) is 16.2. The quantitative estimate of drug-likeness (QED) is 0.322. The minimum absolute atomic E-state index is 0.298. The summed E-state index contributed by atoms with van der Waals surface area (Å²) >= 11 is 5.14. The summed E-state index contributed by atoms with van der Waals surface area (Å²) in [6.45, 7) is 1.86. The van der Waals surface area contributed by atoms with Gasteiger partial charge in [0.1, 0.15) is 5.84 Å². The molecule has 0 bridgehead atoms. The van der Waals surface area contributed by atoms with Gasteiger partial charge in [0.2, 0.25) is 0 Å². The Labute approximate surface area is 147 Å². The van der Waals surface area contributed by atoms with Gasteiger partial charge < -0.3 is 16.2 Å². The van der Waals surface area contributed by atoms with Crippen molar-refractivity contribution in [3.05, 3.63) is 34.1 Å². The lowest BCUT2D eigenvalue weighted by molar-refractivity contribution is 0.491. The maximum absolute atomic E-state index is 5.45. The number of nitrogens with one attached hydrogen (secondary N) is 1. The van der Waals surface area contributed by atoms with E-state index >= 15 is 0 Å². The van der Waals surface area contributed by atoms with Gasteiger partial charge in [0, 0.05) is 34.4 Å². The van der Waals surface area contributed by atoms with Gasteiger partial charge in [0.25, 0.3) is 0 Å². The molecular formula is C15H19BrN6S. The molecule has 0 atom stereocenters. The first-order valence-corrected chi connectivity index (χ1v) is 9.09. The third-order valence-corrected chi connectivity index (χ3v) is 5.50. The van der Waals surface area contributed by atoms with Gasteiger partial charge in [0.15, 0.2) is 5.13 Å². The van der Waals surface area contributed by atoms with Crippen molar-refractivity contribution in [2.24, 2.45) is 22.7 Å². The highest BCUT2D eigenvalue weighted by molar-refractivity contribution is 9.10. The van der Waals surface area contributed by atoms with Crippen molar-refractivity contribution in [3.8, 4) is 11.3 Å². The molecule has 2 heterocycles. The largest absolute Gasteiger partial charge is 0.348 e. The summed E-state index contributed by atoms with van der Waals surface area (Å²) in [6, 6.07) is 8.22. The maximum atomic E-state index is 5.45. The lowest BCUT2D eigenvalue weighted by Gasteiger charge is -2.31. The van der Waals surface area contributed by atoms with Crippen molar-refractivity contribution >= 4 is 38.2 Å². The van der Waals surface area contributed by atoms with E-state index in [9.17, 15) is 0 Å². The van der Waals surface area contributed by atoms with Crippen LogP contribution in [0.3, 0.4) is 0 Å². The molecule has 0 aliphatic carbocycles. The van der Waals surface area contributed by atoms with Crippen LogP contribution < -0.4 is 22.0 Å². The van der Waals surface area contributed by atoms with Crippen molar-refractivity contribution in [1.82, 2.24) is 10.4 Å². The number of nitrogens with two attached hydrogens (primary N) is 2. The predicted octanol–water partition coefficient (Wildman–Crippen LogP) is 2.52. The van der Waals surface area contributed by atoms with Crippen LogP contribution in [-0.4, -0.2) is 23.9 Å². The first-order valence-electron chi connectivity index (χ1n) is 7.42. The Hall–Kier alpha value is -1.64. The highest BCUT2D eigenvalue weighted by atomic mass is 79.9. The molecule has 1 aromatic carbocycles. The fourth-order valence-corrected chi connectivity index (χ4v) is 3.92. The van der Waals surface area contributed by atoms with E-state index in [-0.39, 0.29) is 0 Å². The van der Waals surface area contributed by atoms with E-state index in [1.54, 1.807) is 11.3 Å². The van der Waals surface area contributed by atoms with Gasteiger partial charge in [-0.15, -0.1) is 11.3 Å². The average Bonchev–Trinajstić information content (AvgIpc) is 3.07. The molecule has 1 saturated heterocycles. The Balaban J connectivity index is 1.67. The summed E-state index contributed by atoms with van der Waals surface area (Å²) in [6.07, 6.45) is 1.93. The van der Waals surface area contributed by atoms with Crippen molar-refractivity contribution in [1.29, 1.82) is 0 Å². The number of aromatic nitrogens is 1. The van der Waals surface area contributed by atoms with Gasteiger partial charge in [0.05, 0.1) is 5.69 Å². The van der Waals surface area contributed by atoms with Crippen molar-refractivity contribution < 1.29 is 0 Å². The van der Waals surface area contributed by atoms with Crippen LogP contribution in [0, 0.1) is 5.92 Å². The van der Waals surface area contributed by atoms with Crippen molar-refractivity contribution in [3.63, 3.8) is 0 Å². The molecule has 122 valence electrons. The zero-order valence-electron chi connectivity index (χ0n) is 12.6. The highest BCUT2D eigenvalue weighted by Crippen LogP contribution is 2.30. The number of thiazole rings is 1. The van der Waals surface area contributed by atoms with Gasteiger partial charge >= 0.3 is 0 Å². The van der Waals surface area contributed by atoms with E-state index < -0.39 is 0 Å². The van der Waals surface area contributed by atoms with Gasteiger partial charge in [-0.2, -0.15) is 5.10 Å². The monoisotopic (exact) mass is 394 g/mol. The molecule has 1 aliphatic heterocycles. The molecule has 0 saturated carbocycles. The lowest BCUT2D eigenvalue weighted by Crippen LogP contribution is -2.43. The van der Waals surface area contributed by atoms with Crippen molar-refractivity contribution in [2.75, 3.05) is 18.0 Å². The molecule has 2 aromatic rings. The van der Waals surface area contributed by atoms with Crippen molar-refractivity contribution in [2.45, 2.75) is 12.8 Å². The molecule has 8 heteroatoms. The number of halogens is 1. The zero-order valence-corrected chi connectivity index (χ0v) is 15.0. The number of nitrogens with zero attached hydrogens (tertiary/aromatic N) is 3. The van der Waals surface area contributed by atoms with Crippen LogP contribution in [0.2, 0.25) is 0 Å². The molecule has 0 amide bonds. The molecular weight excluding hydrogens is 376 g/mol. The number of benzene rings is 1. The van der Waals surface area contributed by atoms with Gasteiger partial charge in [-0.25, -0.2) is 10.8 Å². The van der Waals surface area contributed by atoms with Crippen LogP contribution in [0.15, 0.2) is 39.2 Å². The second-order valence-electron chi connectivity index (χ2n) is 5.44. The summed E-state index contributed by atoms with van der Waals surface area (Å²) in [7, 11) is 0. The second kappa shape index (κ2) is 7.29. The fourth-order valence-electron chi connectivity index (χ4n) is 2.77. The first kappa shape index (κ1) is 16.2. The highest BCUT2D eigenvalue weighted by Gasteiger charge is 2.24. The lowest BCUT2D eigenvalue weighted by atomic mass is 9.96. The number of amidine groups is 1. The normalized spacial score (nSPS) is 16.6. The van der Waals surface area contributed by atoms with Crippen LogP contribution in [0.1, 0.15) is 12.8 Å². The number of hydrazone groups is 1. The maximum Gasteiger partial charge on any atom is 0.185 e. The van der Waals surface area contributed by atoms with E-state index in [1.165, 1.54) is 0 Å². The topological polar surface area (TPSA) is 92.6 Å². The number of rotatable bonds is 3. The predicted molar refractivity (Wildman–Crippen MR) is 99.1 cm³/mol. The fraction of sp³-hybridized carbons (Fsp3) is 0.333. The minimum atomic E-state index is 0.298. The first-order chi connectivity index (χ1) is 11.2. The van der Waals surface area contributed by atoms with Crippen LogP contribution in [0.4, 0.5) is 5.13 Å². The third-order valence-electron chi connectivity index (χ3n) is 4.07. The molecule has 1 aromatic heterocycles. The van der Waals surface area contributed by atoms with Crippen LogP contribution in [-0.2, 0) is 0 Å². The Morgan fingerprint density at radius 3 is 2.61 bits per heavy atom. The minimum Gasteiger partial charge on any atom is -0.348 e. The molecule has 1 fully saturated rings. The van der Waals surface area contributed by atoms with E-state index in [4.69, 9.17) is 16.7 Å². The number of hydrazine groups is 1. The van der Waals surface area contributed by atoms with E-state index in [0.29, 0.717) is 11.8 Å². The third kappa shape index (κ3) is 3.65. The molecule has 1 aliphatic rings. The molecule has 6 nitrogen and oxygen atoms in total. The smallest absolute Gasteiger partial charge is 0.185 e. The summed E-state index contributed by atoms with van der Waals surface area (Å²) in [5.74, 6) is 11.8. The Morgan fingerprint density at radius 2 is 2.00 bits per heavy atom. The van der Waals surface area contributed by atoms with E-state index in [0.717, 1.165) is 46.8 Å². The molecule has 23 heavy (non-hydrogen) atoms. The number of anilines is 1. The standard InChI is InChI=1S/C15H19BrN6S/c16-12-3-1-10(2-4-12)13-9-23-15(19-13)22-7-5-11(6-8-22)14(20-17)21-18/h1-4,9,11H,5-8,17-18H2,(H,20,21). The molecule has 3 rings (SSSR count). The molecule has 0 radical (unpaired) electrons. The summed E-state index contributed by atoms with van der Waals surface area (Å²) in [5.41, 5.74) is 4.75. The number of hydrogen-bond acceptors (Lipinski definition) is 6. The van der Waals surface area contributed by atoms with E-state index in [2.05, 4.69) is 48.9 Å². The summed E-state index contributed by atoms with van der Waals surface area (Å²) in [5, 5.41) is 6.90. The Morgan fingerprint density at radius 1 is 1.30 bits per heavy atom. The summed E-state index contributed by atoms with van der Waals surface area (Å²) in [4.78, 5) is 7.09. The summed E-state index contributed by atoms with van der Waals surface area (Å²) < 4.78 is 1.07. The molecule has 5 N–H and O–H groups in total. The van der Waals surface area contributed by atoms with Crippen LogP contribution >= 0.6 is 27.3 Å². The number of piperidine rings is 1. The Kier molecular flexibility index (Phi) is 5.14. The van der Waals surface area contributed by atoms with Gasteiger partial charge in [-0.05, 0) is 25.0 Å². The molecule has 0 unspecified atom stereocenters. The van der Waals surface area contributed by atoms with Gasteiger partial charge in [-0.3, -0.25) is 0 Å².